The van der Waals surface area contributed by atoms with Crippen molar-refractivity contribution in [3.05, 3.63) is 82.7 Å². The van der Waals surface area contributed by atoms with Gasteiger partial charge in [0.05, 0.1) is 11.4 Å². The predicted molar refractivity (Wildman–Crippen MR) is 132 cm³/mol. The first-order valence-corrected chi connectivity index (χ1v) is 12.8. The van der Waals surface area contributed by atoms with E-state index in [0.29, 0.717) is 5.57 Å². The van der Waals surface area contributed by atoms with Crippen molar-refractivity contribution in [1.82, 2.24) is 15.0 Å². The van der Waals surface area contributed by atoms with Crippen LogP contribution in [0.25, 0.3) is 0 Å². The normalized spacial score (nSPS) is 15.6. The SMILES string of the molecule is C=C/C=C(Nc1nc(Cl)nc(Nc2ccc(S(=O)(=O)O)c(N)c2)n1)\C(=C1\C=CC=CC1)S(=O)(=O)O. The molecule has 35 heavy (non-hydrogen) atoms. The van der Waals surface area contributed by atoms with E-state index in [2.05, 4.69) is 32.2 Å². The zero-order valence-corrected chi connectivity index (χ0v) is 20.1. The number of anilines is 4. The van der Waals surface area contributed by atoms with Gasteiger partial charge in [0.2, 0.25) is 17.2 Å². The lowest BCUT2D eigenvalue weighted by Gasteiger charge is -2.16. The summed E-state index contributed by atoms with van der Waals surface area (Å²) in [4.78, 5) is 11.1. The van der Waals surface area contributed by atoms with Crippen LogP contribution in [0, 0.1) is 0 Å². The molecule has 0 bridgehead atoms. The molecule has 0 saturated carbocycles. The number of nitrogens with one attached hydrogen (secondary N) is 2. The van der Waals surface area contributed by atoms with Crippen LogP contribution in [-0.2, 0) is 20.2 Å². The van der Waals surface area contributed by atoms with Crippen molar-refractivity contribution in [2.75, 3.05) is 16.4 Å². The first kappa shape index (κ1) is 26.1. The number of benzene rings is 1. The van der Waals surface area contributed by atoms with Gasteiger partial charge >= 0.3 is 0 Å². The third-order valence-corrected chi connectivity index (χ3v) is 6.45. The standard InChI is InChI=1S/C20H19ClN6O6S2/c1-2-6-15(17(35(31,32)33)12-7-4-3-5-8-12)24-20-26-18(21)25-19(27-20)23-13-9-10-16(14(22)11-13)34(28,29)30/h2-7,9-11H,1,8,22H2,(H,28,29,30)(H,31,32,33)(H2,23,24,25,26,27)/b15-6+,17-12+. The Kier molecular flexibility index (Phi) is 7.72. The molecule has 1 aromatic heterocycles. The van der Waals surface area contributed by atoms with Crippen LogP contribution in [0.15, 0.2) is 82.3 Å². The number of nitrogens with zero attached hydrogens (tertiary/aromatic N) is 3. The summed E-state index contributed by atoms with van der Waals surface area (Å²) in [5.41, 5.74) is 5.94. The van der Waals surface area contributed by atoms with Gasteiger partial charge in [-0.15, -0.1) is 0 Å². The number of halogens is 1. The van der Waals surface area contributed by atoms with E-state index in [9.17, 15) is 25.9 Å². The summed E-state index contributed by atoms with van der Waals surface area (Å²) >= 11 is 5.99. The Bertz CT molecular complexity index is 1510. The Labute approximate surface area is 206 Å². The van der Waals surface area contributed by atoms with E-state index < -0.39 is 30.0 Å². The first-order chi connectivity index (χ1) is 16.4. The summed E-state index contributed by atoms with van der Waals surface area (Å²) < 4.78 is 66.1. The second kappa shape index (κ2) is 10.4. The van der Waals surface area contributed by atoms with Crippen LogP contribution in [0.2, 0.25) is 5.28 Å². The third-order valence-electron chi connectivity index (χ3n) is 4.36. The monoisotopic (exact) mass is 538 g/mol. The molecule has 0 aliphatic heterocycles. The van der Waals surface area contributed by atoms with E-state index in [4.69, 9.17) is 17.3 Å². The Balaban J connectivity index is 1.97. The molecular weight excluding hydrogens is 520 g/mol. The molecule has 6 N–H and O–H groups in total. The maximum Gasteiger partial charge on any atom is 0.296 e. The molecule has 15 heteroatoms. The van der Waals surface area contributed by atoms with Crippen LogP contribution in [0.1, 0.15) is 6.42 Å². The van der Waals surface area contributed by atoms with E-state index in [1.165, 1.54) is 30.4 Å². The van der Waals surface area contributed by atoms with Crippen molar-refractivity contribution < 1.29 is 25.9 Å². The van der Waals surface area contributed by atoms with Crippen molar-refractivity contribution in [2.45, 2.75) is 11.3 Å². The zero-order chi connectivity index (χ0) is 25.8. The van der Waals surface area contributed by atoms with Gasteiger partial charge in [-0.3, -0.25) is 9.11 Å². The molecule has 0 fully saturated rings. The van der Waals surface area contributed by atoms with Gasteiger partial charge in [0.1, 0.15) is 9.80 Å². The minimum Gasteiger partial charge on any atom is -0.398 e. The van der Waals surface area contributed by atoms with Gasteiger partial charge in [-0.05, 0) is 47.9 Å². The van der Waals surface area contributed by atoms with Gasteiger partial charge in [0, 0.05) is 5.69 Å². The average molecular weight is 539 g/mol. The van der Waals surface area contributed by atoms with E-state index in [1.807, 2.05) is 0 Å². The number of allylic oxidation sites excluding steroid dienone is 7. The molecule has 1 aliphatic carbocycles. The molecule has 2 aromatic rings. The highest BCUT2D eigenvalue weighted by atomic mass is 35.5. The van der Waals surface area contributed by atoms with E-state index in [-0.39, 0.29) is 40.7 Å². The quantitative estimate of drug-likeness (QED) is 0.187. The molecule has 0 unspecified atom stereocenters. The number of rotatable bonds is 8. The van der Waals surface area contributed by atoms with Gasteiger partial charge in [0.25, 0.3) is 20.2 Å². The average Bonchev–Trinajstić information content (AvgIpc) is 2.72. The minimum atomic E-state index is -4.68. The minimum absolute atomic E-state index is 0.0765. The molecule has 1 aromatic carbocycles. The molecule has 1 heterocycles. The lowest BCUT2D eigenvalue weighted by Crippen LogP contribution is -2.15. The molecule has 0 saturated heterocycles. The topological polar surface area (TPSA) is 197 Å². The van der Waals surface area contributed by atoms with Crippen LogP contribution in [0.4, 0.5) is 23.3 Å². The van der Waals surface area contributed by atoms with Crippen molar-refractivity contribution in [1.29, 1.82) is 0 Å². The summed E-state index contributed by atoms with van der Waals surface area (Å²) in [7, 11) is -9.19. The van der Waals surface area contributed by atoms with Crippen molar-refractivity contribution in [2.24, 2.45) is 0 Å². The first-order valence-electron chi connectivity index (χ1n) is 9.58. The largest absolute Gasteiger partial charge is 0.398 e. The Morgan fingerprint density at radius 2 is 1.83 bits per heavy atom. The fourth-order valence-corrected chi connectivity index (χ4v) is 4.66. The molecule has 12 nitrogen and oxygen atoms in total. The van der Waals surface area contributed by atoms with E-state index >= 15 is 0 Å². The summed E-state index contributed by atoms with van der Waals surface area (Å²) in [5.74, 6) is -0.286. The highest BCUT2D eigenvalue weighted by molar-refractivity contribution is 7.90. The van der Waals surface area contributed by atoms with Crippen LogP contribution in [0.5, 0.6) is 0 Å². The van der Waals surface area contributed by atoms with Crippen LogP contribution in [-0.4, -0.2) is 40.9 Å². The second-order valence-corrected chi connectivity index (χ2v) is 9.95. The van der Waals surface area contributed by atoms with Gasteiger partial charge < -0.3 is 16.4 Å². The number of aromatic nitrogens is 3. The van der Waals surface area contributed by atoms with Gasteiger partial charge in [-0.25, -0.2) is 0 Å². The smallest absolute Gasteiger partial charge is 0.296 e. The van der Waals surface area contributed by atoms with Crippen molar-refractivity contribution in [3.8, 4) is 0 Å². The molecule has 1 aliphatic rings. The molecule has 0 atom stereocenters. The summed E-state index contributed by atoms with van der Waals surface area (Å²) in [6.45, 7) is 3.56. The zero-order valence-electron chi connectivity index (χ0n) is 17.8. The number of nitrogens with two attached hydrogens (primary N) is 1. The summed E-state index contributed by atoms with van der Waals surface area (Å²) in [5, 5.41) is 5.18. The predicted octanol–water partition coefficient (Wildman–Crippen LogP) is 3.24. The fraction of sp³-hybridized carbons (Fsp3) is 0.0500. The second-order valence-electron chi connectivity index (χ2n) is 6.87. The van der Waals surface area contributed by atoms with E-state index in [1.54, 1.807) is 18.2 Å². The maximum absolute atomic E-state index is 12.2. The summed E-state index contributed by atoms with van der Waals surface area (Å²) in [6.07, 6.45) is 9.46. The van der Waals surface area contributed by atoms with Crippen molar-refractivity contribution >= 4 is 55.1 Å². The molecule has 0 amide bonds. The maximum atomic E-state index is 12.2. The van der Waals surface area contributed by atoms with Crippen LogP contribution in [0.3, 0.4) is 0 Å². The van der Waals surface area contributed by atoms with Crippen LogP contribution >= 0.6 is 11.6 Å². The fourth-order valence-electron chi connectivity index (χ4n) is 3.02. The molecule has 0 radical (unpaired) electrons. The molecule has 3 rings (SSSR count). The Morgan fingerprint density at radius 3 is 2.40 bits per heavy atom. The lowest BCUT2D eigenvalue weighted by atomic mass is 10.1. The highest BCUT2D eigenvalue weighted by Gasteiger charge is 2.24. The molecule has 184 valence electrons. The Hall–Kier alpha value is -3.56. The Morgan fingerprint density at radius 1 is 1.11 bits per heavy atom. The molecular formula is C20H19ClN6O6S2. The van der Waals surface area contributed by atoms with Crippen molar-refractivity contribution in [3.63, 3.8) is 0 Å². The lowest BCUT2D eigenvalue weighted by molar-refractivity contribution is 0.483. The number of hydrogen-bond donors (Lipinski definition) is 5. The summed E-state index contributed by atoms with van der Waals surface area (Å²) in [6, 6.07) is 3.61. The van der Waals surface area contributed by atoms with Gasteiger partial charge in [-0.1, -0.05) is 37.0 Å². The number of hydrogen-bond acceptors (Lipinski definition) is 10. The number of nitrogen functional groups attached to an aromatic ring is 1. The molecule has 0 spiro atoms. The third kappa shape index (κ3) is 6.74. The van der Waals surface area contributed by atoms with Gasteiger partial charge in [-0.2, -0.15) is 31.8 Å². The highest BCUT2D eigenvalue weighted by Crippen LogP contribution is 2.28. The van der Waals surface area contributed by atoms with E-state index in [0.717, 1.165) is 6.07 Å². The van der Waals surface area contributed by atoms with Gasteiger partial charge in [0.15, 0.2) is 0 Å². The van der Waals surface area contributed by atoms with Crippen LogP contribution < -0.4 is 16.4 Å².